The first-order valence-corrected chi connectivity index (χ1v) is 8.64. The first-order chi connectivity index (χ1) is 10.6. The highest BCUT2D eigenvalue weighted by molar-refractivity contribution is 6.34. The van der Waals surface area contributed by atoms with Crippen LogP contribution in [0.1, 0.15) is 32.8 Å². The highest BCUT2D eigenvalue weighted by Gasteiger charge is 2.47. The predicted octanol–water partition coefficient (Wildman–Crippen LogP) is 4.22. The average Bonchev–Trinajstić information content (AvgIpc) is 2.80. The molecule has 1 aromatic rings. The van der Waals surface area contributed by atoms with Gasteiger partial charge in [-0.3, -0.25) is 0 Å². The van der Waals surface area contributed by atoms with E-state index in [0.717, 1.165) is 18.5 Å². The Morgan fingerprint density at radius 1 is 1.30 bits per heavy atom. The predicted molar refractivity (Wildman–Crippen MR) is 93.6 cm³/mol. The number of quaternary nitrogens is 1. The van der Waals surface area contributed by atoms with Crippen LogP contribution in [0.2, 0.25) is 10.0 Å². The molecule has 4 nitrogen and oxygen atoms in total. The van der Waals surface area contributed by atoms with Crippen LogP contribution < -0.4 is 5.73 Å². The maximum absolute atomic E-state index is 12.9. The lowest BCUT2D eigenvalue weighted by molar-refractivity contribution is -0.861. The van der Waals surface area contributed by atoms with Crippen molar-refractivity contribution in [3.63, 3.8) is 0 Å². The number of nitrogens with zero attached hydrogens (tertiary/aromatic N) is 1. The standard InChI is InChI=1S/C17H25Cl2N2O2/c1-17(2,3)23-16(22)21(5-4-12(9-20)10-21)11-13-6-14(18)8-15(19)7-13/h6-8,12H,4-5,9-11,20H2,1-3H3/q+1/t12-,21?/m0/s1. The van der Waals surface area contributed by atoms with Crippen LogP contribution in [0.4, 0.5) is 4.79 Å². The van der Waals surface area contributed by atoms with Crippen molar-refractivity contribution in [2.24, 2.45) is 11.7 Å². The summed E-state index contributed by atoms with van der Waals surface area (Å²) >= 11 is 12.2. The number of carbonyl (C=O) groups is 1. The molecule has 23 heavy (non-hydrogen) atoms. The van der Waals surface area contributed by atoms with Crippen LogP contribution in [0.5, 0.6) is 0 Å². The fourth-order valence-electron chi connectivity index (χ4n) is 3.08. The van der Waals surface area contributed by atoms with Gasteiger partial charge in [0.2, 0.25) is 0 Å². The minimum Gasteiger partial charge on any atom is -0.414 e. The minimum absolute atomic E-state index is 0.204. The molecule has 2 rings (SSSR count). The van der Waals surface area contributed by atoms with Crippen LogP contribution in [-0.4, -0.2) is 35.8 Å². The highest BCUT2D eigenvalue weighted by Crippen LogP contribution is 2.31. The smallest absolute Gasteiger partial charge is 0.414 e. The van der Waals surface area contributed by atoms with E-state index >= 15 is 0 Å². The topological polar surface area (TPSA) is 52.3 Å². The molecule has 1 unspecified atom stereocenters. The molecule has 1 heterocycles. The Labute approximate surface area is 148 Å². The third-order valence-corrected chi connectivity index (χ3v) is 4.53. The molecular weight excluding hydrogens is 335 g/mol. The van der Waals surface area contributed by atoms with E-state index in [1.165, 1.54) is 0 Å². The lowest BCUT2D eigenvalue weighted by Gasteiger charge is -2.33. The molecule has 0 radical (unpaired) electrons. The Morgan fingerprint density at radius 2 is 1.91 bits per heavy atom. The first-order valence-electron chi connectivity index (χ1n) is 7.88. The van der Waals surface area contributed by atoms with Crippen molar-refractivity contribution in [3.8, 4) is 0 Å². The van der Waals surface area contributed by atoms with Gasteiger partial charge in [-0.05, 0) is 39.0 Å². The molecule has 1 aliphatic heterocycles. The van der Waals surface area contributed by atoms with Crippen molar-refractivity contribution < 1.29 is 14.0 Å². The zero-order valence-electron chi connectivity index (χ0n) is 13.9. The van der Waals surface area contributed by atoms with E-state index < -0.39 is 5.60 Å². The SMILES string of the molecule is CC(C)(C)OC(=O)[N+]1(Cc2cc(Cl)cc(Cl)c2)CC[C@@H](CN)C1. The number of amides is 1. The van der Waals surface area contributed by atoms with Gasteiger partial charge in [0.05, 0.1) is 13.1 Å². The Balaban J connectivity index is 2.29. The summed E-state index contributed by atoms with van der Waals surface area (Å²) in [5.41, 5.74) is 6.24. The van der Waals surface area contributed by atoms with E-state index in [2.05, 4.69) is 0 Å². The Bertz CT molecular complexity index is 566. The van der Waals surface area contributed by atoms with Crippen LogP contribution in [0, 0.1) is 5.92 Å². The van der Waals surface area contributed by atoms with Gasteiger partial charge < -0.3 is 10.5 Å². The van der Waals surface area contributed by atoms with Crippen molar-refractivity contribution in [3.05, 3.63) is 33.8 Å². The molecule has 1 aliphatic rings. The largest absolute Gasteiger partial charge is 0.516 e. The summed E-state index contributed by atoms with van der Waals surface area (Å²) < 4.78 is 5.92. The molecule has 1 amide bonds. The van der Waals surface area contributed by atoms with E-state index in [-0.39, 0.29) is 10.6 Å². The summed E-state index contributed by atoms with van der Waals surface area (Å²) in [5.74, 6) is 0.331. The first kappa shape index (κ1) is 18.5. The number of carbonyl (C=O) groups excluding carboxylic acids is 1. The monoisotopic (exact) mass is 359 g/mol. The molecule has 0 bridgehead atoms. The van der Waals surface area contributed by atoms with Gasteiger partial charge >= 0.3 is 6.09 Å². The average molecular weight is 360 g/mol. The van der Waals surface area contributed by atoms with Gasteiger partial charge in [-0.2, -0.15) is 4.79 Å². The maximum Gasteiger partial charge on any atom is 0.516 e. The number of benzene rings is 1. The van der Waals surface area contributed by atoms with Gasteiger partial charge in [0.15, 0.2) is 0 Å². The summed E-state index contributed by atoms with van der Waals surface area (Å²) in [4.78, 5) is 12.9. The van der Waals surface area contributed by atoms with Gasteiger partial charge in [0.1, 0.15) is 12.1 Å². The molecular formula is C17H25Cl2N2O2+. The second-order valence-electron chi connectivity index (χ2n) is 7.36. The van der Waals surface area contributed by atoms with Gasteiger partial charge in [-0.15, -0.1) is 0 Å². The fourth-order valence-corrected chi connectivity index (χ4v) is 3.65. The molecule has 128 valence electrons. The second-order valence-corrected chi connectivity index (χ2v) is 8.23. The number of nitrogens with two attached hydrogens (primary N) is 1. The molecule has 0 aromatic heterocycles. The Morgan fingerprint density at radius 3 is 2.39 bits per heavy atom. The molecule has 6 heteroatoms. The lowest BCUT2D eigenvalue weighted by atomic mass is 10.1. The summed E-state index contributed by atoms with van der Waals surface area (Å²) in [6.45, 7) is 8.16. The van der Waals surface area contributed by atoms with Crippen molar-refractivity contribution >= 4 is 29.3 Å². The van der Waals surface area contributed by atoms with Crippen molar-refractivity contribution in [1.29, 1.82) is 0 Å². The van der Waals surface area contributed by atoms with Crippen LogP contribution in [0.25, 0.3) is 0 Å². The van der Waals surface area contributed by atoms with Gasteiger partial charge in [-0.25, -0.2) is 4.48 Å². The van der Waals surface area contributed by atoms with E-state index in [4.69, 9.17) is 33.7 Å². The van der Waals surface area contributed by atoms with Crippen LogP contribution in [0.15, 0.2) is 18.2 Å². The van der Waals surface area contributed by atoms with Crippen LogP contribution in [0.3, 0.4) is 0 Å². The summed E-state index contributed by atoms with van der Waals surface area (Å²) in [6.07, 6.45) is 0.717. The molecule has 1 aromatic carbocycles. The van der Waals surface area contributed by atoms with Crippen molar-refractivity contribution in [2.75, 3.05) is 19.6 Å². The third kappa shape index (κ3) is 4.83. The third-order valence-electron chi connectivity index (χ3n) is 4.09. The summed E-state index contributed by atoms with van der Waals surface area (Å²) in [6, 6.07) is 5.40. The molecule has 2 atom stereocenters. The second kappa shape index (κ2) is 6.98. The molecule has 0 aliphatic carbocycles. The number of halogens is 2. The normalized spacial score (nSPS) is 24.7. The minimum atomic E-state index is -0.519. The number of hydrogen-bond donors (Lipinski definition) is 1. The molecule has 0 spiro atoms. The zero-order valence-corrected chi connectivity index (χ0v) is 15.5. The number of ether oxygens (including phenoxy) is 1. The quantitative estimate of drug-likeness (QED) is 0.821. The zero-order chi connectivity index (χ0) is 17.3. The van der Waals surface area contributed by atoms with Gasteiger partial charge in [0, 0.05) is 34.5 Å². The van der Waals surface area contributed by atoms with Crippen LogP contribution >= 0.6 is 23.2 Å². The van der Waals surface area contributed by atoms with E-state index in [0.29, 0.717) is 35.6 Å². The van der Waals surface area contributed by atoms with Crippen molar-refractivity contribution in [2.45, 2.75) is 39.3 Å². The van der Waals surface area contributed by atoms with Gasteiger partial charge in [-0.1, -0.05) is 23.2 Å². The van der Waals surface area contributed by atoms with Crippen molar-refractivity contribution in [1.82, 2.24) is 0 Å². The molecule has 1 fully saturated rings. The molecule has 1 saturated heterocycles. The Kier molecular flexibility index (Phi) is 5.62. The summed E-state index contributed by atoms with van der Waals surface area (Å²) in [5, 5.41) is 1.15. The highest BCUT2D eigenvalue weighted by atomic mass is 35.5. The van der Waals surface area contributed by atoms with Gasteiger partial charge in [0.25, 0.3) is 0 Å². The van der Waals surface area contributed by atoms with Crippen LogP contribution in [-0.2, 0) is 11.3 Å². The van der Waals surface area contributed by atoms with E-state index in [1.54, 1.807) is 6.07 Å². The number of hydrogen-bond acceptors (Lipinski definition) is 3. The maximum atomic E-state index is 12.9. The Hall–Kier alpha value is -0.810. The number of likely N-dealkylation sites (tertiary alicyclic amines) is 1. The molecule has 2 N–H and O–H groups in total. The molecule has 0 saturated carbocycles. The lowest BCUT2D eigenvalue weighted by Crippen LogP contribution is -2.52. The fraction of sp³-hybridized carbons (Fsp3) is 0.588. The van der Waals surface area contributed by atoms with E-state index in [9.17, 15) is 4.79 Å². The summed E-state index contributed by atoms with van der Waals surface area (Å²) in [7, 11) is 0. The van der Waals surface area contributed by atoms with E-state index in [1.807, 2.05) is 32.9 Å². The number of rotatable bonds is 3.